The Morgan fingerprint density at radius 2 is 0.932 bits per heavy atom. The molecule has 0 aliphatic rings. The van der Waals surface area contributed by atoms with Gasteiger partial charge in [-0.25, -0.2) is 9.59 Å². The Kier molecular flexibility index (Phi) is 17.8. The van der Waals surface area contributed by atoms with Crippen molar-refractivity contribution in [3.8, 4) is 23.0 Å². The first kappa shape index (κ1) is 50.4. The molecule has 8 aromatic carbocycles. The highest BCUT2D eigenvalue weighted by atomic mass is 16.7. The maximum absolute atomic E-state index is 15.7. The number of hydrogen-bond acceptors (Lipinski definition) is 11. The number of nitrogens with one attached hydrogen (secondary N) is 1. The van der Waals surface area contributed by atoms with Crippen LogP contribution in [0, 0.1) is 0 Å². The average Bonchev–Trinajstić information content (AvgIpc) is 3.44. The summed E-state index contributed by atoms with van der Waals surface area (Å²) >= 11 is 0. The first-order valence-corrected chi connectivity index (χ1v) is 23.6. The Morgan fingerprint density at radius 1 is 0.438 bits per heavy atom. The molecule has 73 heavy (non-hydrogen) atoms. The number of esters is 2. The Morgan fingerprint density at radius 3 is 1.45 bits per heavy atom. The largest absolute Gasteiger partial charge is 0.488 e. The molecule has 0 saturated carbocycles. The van der Waals surface area contributed by atoms with Crippen molar-refractivity contribution in [1.29, 1.82) is 0 Å². The summed E-state index contributed by atoms with van der Waals surface area (Å²) in [6.45, 7) is -0.162. The van der Waals surface area contributed by atoms with Gasteiger partial charge in [0, 0.05) is 12.7 Å². The van der Waals surface area contributed by atoms with E-state index in [1.54, 1.807) is 48.5 Å². The summed E-state index contributed by atoms with van der Waals surface area (Å²) in [7, 11) is 1.54. The van der Waals surface area contributed by atoms with Crippen LogP contribution in [0.25, 0.3) is 0 Å². The van der Waals surface area contributed by atoms with E-state index >= 15 is 4.79 Å². The normalized spacial score (nSPS) is 11.1. The van der Waals surface area contributed by atoms with Crippen LogP contribution in [0.3, 0.4) is 0 Å². The van der Waals surface area contributed by atoms with Crippen molar-refractivity contribution in [2.24, 2.45) is 0 Å². The maximum Gasteiger partial charge on any atom is 0.339 e. The number of carbonyl (C=O) groups excluding carboxylic acids is 4. The van der Waals surface area contributed by atoms with Crippen LogP contribution in [0.1, 0.15) is 74.8 Å². The molecular weight excluding hydrogens is 923 g/mol. The fourth-order valence-corrected chi connectivity index (χ4v) is 7.75. The molecule has 8 aromatic rings. The van der Waals surface area contributed by atoms with Gasteiger partial charge in [0.15, 0.2) is 6.79 Å². The predicted molar refractivity (Wildman–Crippen MR) is 275 cm³/mol. The summed E-state index contributed by atoms with van der Waals surface area (Å²) in [4.78, 5) is 57.9. The summed E-state index contributed by atoms with van der Waals surface area (Å²) in [5.74, 6) is -1.95. The minimum absolute atomic E-state index is 0.00781. The number of rotatable bonds is 24. The highest BCUT2D eigenvalue weighted by Crippen LogP contribution is 2.38. The average molecular weight is 976 g/mol. The SMILES string of the molecule is COCOc1ccc(CC(COC(=O)c2cc(OCc3ccccc3)c(C(=O)c3c(OCc4ccccc4)cccc3C(=O)OCc3ccccc3)c(OCc3ccccc3)c2)NC(=O)c2ccccc2)cc1. The summed E-state index contributed by atoms with van der Waals surface area (Å²) < 4.78 is 41.9. The molecule has 0 aliphatic carbocycles. The van der Waals surface area contributed by atoms with Gasteiger partial charge >= 0.3 is 11.9 Å². The molecule has 0 saturated heterocycles. The van der Waals surface area contributed by atoms with Gasteiger partial charge in [0.1, 0.15) is 61.6 Å². The second-order valence-corrected chi connectivity index (χ2v) is 16.8. The van der Waals surface area contributed by atoms with Crippen LogP contribution < -0.4 is 24.3 Å². The smallest absolute Gasteiger partial charge is 0.339 e. The number of benzene rings is 8. The molecule has 8 rings (SSSR count). The zero-order valence-corrected chi connectivity index (χ0v) is 40.1. The third kappa shape index (κ3) is 14.3. The summed E-state index contributed by atoms with van der Waals surface area (Å²) in [6, 6.07) is 60.2. The monoisotopic (exact) mass is 975 g/mol. The fourth-order valence-electron chi connectivity index (χ4n) is 7.75. The van der Waals surface area contributed by atoms with E-state index in [0.717, 1.165) is 27.8 Å². The second kappa shape index (κ2) is 25.7. The van der Waals surface area contributed by atoms with Gasteiger partial charge in [0.05, 0.1) is 22.7 Å². The summed E-state index contributed by atoms with van der Waals surface area (Å²) in [6.07, 6.45) is 0.294. The van der Waals surface area contributed by atoms with Gasteiger partial charge < -0.3 is 38.5 Å². The van der Waals surface area contributed by atoms with Gasteiger partial charge in [-0.2, -0.15) is 0 Å². The summed E-state index contributed by atoms with van der Waals surface area (Å²) in [5.41, 5.74) is 4.15. The van der Waals surface area contributed by atoms with Crippen LogP contribution in [0.2, 0.25) is 0 Å². The standard InChI is InChI=1S/C61H53NO11/c1-67-42-73-51-32-30-43(31-33-51)34-50(62-59(64)48-26-15-6-16-27-48)41-72-60(65)49-35-54(69-38-45-20-9-3-10-21-45)57(55(36-49)70-39-46-22-11-4-12-23-46)58(63)56-52(61(66)71-40-47-24-13-5-14-25-47)28-17-29-53(56)68-37-44-18-7-2-8-19-44/h2-33,35-36,50H,34,37-42H2,1H3,(H,62,64). The van der Waals surface area contributed by atoms with Crippen molar-refractivity contribution in [1.82, 2.24) is 5.32 Å². The van der Waals surface area contributed by atoms with E-state index in [1.165, 1.54) is 25.3 Å². The van der Waals surface area contributed by atoms with Crippen molar-refractivity contribution >= 4 is 23.6 Å². The van der Waals surface area contributed by atoms with Crippen LogP contribution in [-0.4, -0.2) is 50.2 Å². The Labute approximate surface area is 424 Å². The van der Waals surface area contributed by atoms with E-state index in [-0.39, 0.29) is 85.2 Å². The molecule has 1 atom stereocenters. The van der Waals surface area contributed by atoms with E-state index in [1.807, 2.05) is 140 Å². The Bertz CT molecular complexity index is 3000. The van der Waals surface area contributed by atoms with Gasteiger partial charge in [0.2, 0.25) is 5.78 Å². The number of amides is 1. The van der Waals surface area contributed by atoms with Crippen molar-refractivity contribution in [2.75, 3.05) is 20.5 Å². The van der Waals surface area contributed by atoms with E-state index in [4.69, 9.17) is 33.2 Å². The lowest BCUT2D eigenvalue weighted by Crippen LogP contribution is -2.40. The highest BCUT2D eigenvalue weighted by molar-refractivity contribution is 6.19. The molecule has 12 heteroatoms. The number of ketones is 1. The number of methoxy groups -OCH3 is 1. The number of carbonyl (C=O) groups is 4. The zero-order valence-electron chi connectivity index (χ0n) is 40.1. The van der Waals surface area contributed by atoms with Crippen molar-refractivity contribution < 1.29 is 52.3 Å². The molecule has 1 unspecified atom stereocenters. The Balaban J connectivity index is 1.18. The third-order valence-electron chi connectivity index (χ3n) is 11.5. The van der Waals surface area contributed by atoms with E-state index in [9.17, 15) is 14.4 Å². The van der Waals surface area contributed by atoms with Gasteiger partial charge in [-0.05, 0) is 82.8 Å². The van der Waals surface area contributed by atoms with Crippen LogP contribution in [-0.2, 0) is 47.1 Å². The first-order valence-electron chi connectivity index (χ1n) is 23.6. The van der Waals surface area contributed by atoms with E-state index in [2.05, 4.69) is 5.32 Å². The third-order valence-corrected chi connectivity index (χ3v) is 11.5. The van der Waals surface area contributed by atoms with Crippen molar-refractivity contribution in [3.05, 3.63) is 262 Å². The van der Waals surface area contributed by atoms with Crippen LogP contribution in [0.5, 0.6) is 23.0 Å². The summed E-state index contributed by atoms with van der Waals surface area (Å²) in [5, 5.41) is 3.03. The molecule has 0 aliphatic heterocycles. The lowest BCUT2D eigenvalue weighted by Gasteiger charge is -2.21. The van der Waals surface area contributed by atoms with Crippen LogP contribution >= 0.6 is 0 Å². The molecule has 1 amide bonds. The minimum atomic E-state index is -0.785. The van der Waals surface area contributed by atoms with Gasteiger partial charge in [-0.1, -0.05) is 158 Å². The van der Waals surface area contributed by atoms with Crippen LogP contribution in [0.4, 0.5) is 0 Å². The molecule has 12 nitrogen and oxygen atoms in total. The molecule has 0 bridgehead atoms. The molecule has 0 spiro atoms. The van der Waals surface area contributed by atoms with E-state index in [0.29, 0.717) is 17.7 Å². The molecule has 0 heterocycles. The van der Waals surface area contributed by atoms with Crippen molar-refractivity contribution in [3.63, 3.8) is 0 Å². The molecule has 0 radical (unpaired) electrons. The molecule has 1 N–H and O–H groups in total. The molecule has 368 valence electrons. The topological polar surface area (TPSA) is 145 Å². The highest BCUT2D eigenvalue weighted by Gasteiger charge is 2.31. The molecule has 0 aromatic heterocycles. The minimum Gasteiger partial charge on any atom is -0.488 e. The fraction of sp³-hybridized carbons (Fsp3) is 0.148. The van der Waals surface area contributed by atoms with Gasteiger partial charge in [-0.3, -0.25) is 9.59 Å². The van der Waals surface area contributed by atoms with Crippen LogP contribution in [0.15, 0.2) is 206 Å². The molecular formula is C61H53NO11. The Hall–Kier alpha value is -9.00. The number of hydrogen-bond donors (Lipinski definition) is 1. The van der Waals surface area contributed by atoms with E-state index < -0.39 is 23.8 Å². The molecule has 0 fully saturated rings. The second-order valence-electron chi connectivity index (χ2n) is 16.8. The number of ether oxygens (including phenoxy) is 7. The van der Waals surface area contributed by atoms with Gasteiger partial charge in [-0.15, -0.1) is 0 Å². The van der Waals surface area contributed by atoms with Crippen molar-refractivity contribution in [2.45, 2.75) is 38.9 Å². The predicted octanol–water partition coefficient (Wildman–Crippen LogP) is 11.2. The lowest BCUT2D eigenvalue weighted by molar-refractivity contribution is 0.0453. The maximum atomic E-state index is 15.7. The zero-order chi connectivity index (χ0) is 50.6. The first-order chi connectivity index (χ1) is 35.8. The van der Waals surface area contributed by atoms with Gasteiger partial charge in [0.25, 0.3) is 5.91 Å². The quantitative estimate of drug-likeness (QED) is 0.0351. The lowest BCUT2D eigenvalue weighted by atomic mass is 9.94.